The van der Waals surface area contributed by atoms with Crippen molar-refractivity contribution in [1.82, 2.24) is 9.62 Å². The molecular weight excluding hydrogens is 570 g/mol. The van der Waals surface area contributed by atoms with E-state index in [2.05, 4.69) is 5.32 Å². The summed E-state index contributed by atoms with van der Waals surface area (Å²) < 4.78 is 71.2. The van der Waals surface area contributed by atoms with Crippen LogP contribution in [0.2, 0.25) is 0 Å². The van der Waals surface area contributed by atoms with Crippen molar-refractivity contribution in [2.24, 2.45) is 0 Å². The molecule has 1 N–H and O–H groups in total. The van der Waals surface area contributed by atoms with Gasteiger partial charge in [-0.3, -0.25) is 9.10 Å². The zero-order chi connectivity index (χ0) is 29.6. The van der Waals surface area contributed by atoms with Crippen LogP contribution in [-0.4, -0.2) is 68.0 Å². The van der Waals surface area contributed by atoms with E-state index in [-0.39, 0.29) is 27.8 Å². The third-order valence-corrected chi connectivity index (χ3v) is 10.4. The first kappa shape index (κ1) is 30.2. The summed E-state index contributed by atoms with van der Waals surface area (Å²) in [5.74, 6) is 0.554. The monoisotopic (exact) mass is 603 g/mol. The summed E-state index contributed by atoms with van der Waals surface area (Å²) in [6.07, 6.45) is 1.69. The Hall–Kier alpha value is -3.81. The first-order valence-electron chi connectivity index (χ1n) is 12.8. The highest BCUT2D eigenvalue weighted by Gasteiger charge is 2.29. The van der Waals surface area contributed by atoms with Crippen molar-refractivity contribution in [3.05, 3.63) is 72.3 Å². The van der Waals surface area contributed by atoms with Crippen molar-refractivity contribution in [1.29, 1.82) is 0 Å². The second-order valence-electron chi connectivity index (χ2n) is 9.26. The van der Waals surface area contributed by atoms with Gasteiger partial charge < -0.3 is 19.5 Å². The van der Waals surface area contributed by atoms with Gasteiger partial charge in [-0.2, -0.15) is 4.31 Å². The van der Waals surface area contributed by atoms with Gasteiger partial charge >= 0.3 is 0 Å². The van der Waals surface area contributed by atoms with Gasteiger partial charge in [0, 0.05) is 25.7 Å². The van der Waals surface area contributed by atoms with E-state index in [0.29, 0.717) is 30.2 Å². The fraction of sp³-hybridized carbons (Fsp3) is 0.321. The molecule has 13 heteroatoms. The highest BCUT2D eigenvalue weighted by molar-refractivity contribution is 7.92. The summed E-state index contributed by atoms with van der Waals surface area (Å²) in [5, 5.41) is 2.73. The number of hydrogen-bond acceptors (Lipinski definition) is 8. The second-order valence-corrected chi connectivity index (χ2v) is 13.1. The van der Waals surface area contributed by atoms with Crippen molar-refractivity contribution >= 4 is 31.6 Å². The van der Waals surface area contributed by atoms with Gasteiger partial charge in [-0.1, -0.05) is 12.1 Å². The van der Waals surface area contributed by atoms with Gasteiger partial charge in [-0.05, 0) is 66.9 Å². The molecule has 0 spiro atoms. The fourth-order valence-electron chi connectivity index (χ4n) is 4.41. The molecule has 41 heavy (non-hydrogen) atoms. The summed E-state index contributed by atoms with van der Waals surface area (Å²) in [7, 11) is -3.42. The number of rotatable bonds is 12. The van der Waals surface area contributed by atoms with Crippen LogP contribution in [0.1, 0.15) is 18.4 Å². The predicted octanol–water partition coefficient (Wildman–Crippen LogP) is 3.01. The summed E-state index contributed by atoms with van der Waals surface area (Å²) in [6.45, 7) is 0.592. The van der Waals surface area contributed by atoms with E-state index >= 15 is 0 Å². The first-order chi connectivity index (χ1) is 19.6. The molecule has 1 saturated heterocycles. The summed E-state index contributed by atoms with van der Waals surface area (Å²) in [5.41, 5.74) is 0.921. The van der Waals surface area contributed by atoms with Gasteiger partial charge in [0.05, 0.1) is 36.8 Å². The number of amides is 1. The zero-order valence-corrected chi connectivity index (χ0v) is 24.7. The van der Waals surface area contributed by atoms with Gasteiger partial charge in [0.25, 0.3) is 10.0 Å². The molecule has 0 unspecified atom stereocenters. The average Bonchev–Trinajstić information content (AvgIpc) is 3.55. The SMILES string of the molecule is COc1ccc(N(CC(=O)NCc2ccc(S(=O)(=O)N3CCCC3)cc2)S(=O)(=O)c2ccc(OC)c(OC)c2)cc1. The summed E-state index contributed by atoms with van der Waals surface area (Å²) in [4.78, 5) is 13.1. The van der Waals surface area contributed by atoms with Crippen LogP contribution in [0.3, 0.4) is 0 Å². The third kappa shape index (κ3) is 6.75. The Morgan fingerprint density at radius 1 is 0.805 bits per heavy atom. The molecule has 0 atom stereocenters. The van der Waals surface area contributed by atoms with Crippen molar-refractivity contribution in [2.75, 3.05) is 45.3 Å². The van der Waals surface area contributed by atoms with Crippen LogP contribution >= 0.6 is 0 Å². The third-order valence-electron chi connectivity index (χ3n) is 6.71. The molecule has 0 aromatic heterocycles. The van der Waals surface area contributed by atoms with E-state index in [9.17, 15) is 21.6 Å². The van der Waals surface area contributed by atoms with Gasteiger partial charge in [0.15, 0.2) is 11.5 Å². The number of nitrogens with zero attached hydrogens (tertiary/aromatic N) is 2. The molecule has 1 aliphatic rings. The molecule has 1 heterocycles. The number of anilines is 1. The number of carbonyl (C=O) groups is 1. The van der Waals surface area contributed by atoms with Crippen LogP contribution in [-0.2, 0) is 31.4 Å². The quantitative estimate of drug-likeness (QED) is 0.334. The van der Waals surface area contributed by atoms with Crippen molar-refractivity contribution in [3.63, 3.8) is 0 Å². The highest BCUT2D eigenvalue weighted by atomic mass is 32.2. The lowest BCUT2D eigenvalue weighted by Crippen LogP contribution is -2.40. The highest BCUT2D eigenvalue weighted by Crippen LogP contribution is 2.32. The average molecular weight is 604 g/mol. The fourth-order valence-corrected chi connectivity index (χ4v) is 7.37. The van der Waals surface area contributed by atoms with E-state index in [1.54, 1.807) is 36.4 Å². The molecule has 0 saturated carbocycles. The van der Waals surface area contributed by atoms with Crippen LogP contribution in [0.5, 0.6) is 17.2 Å². The van der Waals surface area contributed by atoms with Crippen molar-refractivity contribution in [2.45, 2.75) is 29.2 Å². The molecule has 0 radical (unpaired) electrons. The number of carbonyl (C=O) groups excluding carboxylic acids is 1. The Bertz CT molecular complexity index is 1570. The molecule has 0 aliphatic carbocycles. The van der Waals surface area contributed by atoms with E-state index in [1.165, 1.54) is 56.0 Å². The lowest BCUT2D eigenvalue weighted by atomic mass is 10.2. The molecule has 3 aromatic rings. The number of ether oxygens (including phenoxy) is 3. The maximum Gasteiger partial charge on any atom is 0.264 e. The lowest BCUT2D eigenvalue weighted by molar-refractivity contribution is -0.119. The minimum Gasteiger partial charge on any atom is -0.497 e. The van der Waals surface area contributed by atoms with Crippen LogP contribution in [0.25, 0.3) is 0 Å². The van der Waals surface area contributed by atoms with Crippen LogP contribution in [0, 0.1) is 0 Å². The van der Waals surface area contributed by atoms with Gasteiger partial charge in [-0.25, -0.2) is 16.8 Å². The molecular formula is C28H33N3O8S2. The minimum absolute atomic E-state index is 0.0791. The molecule has 3 aromatic carbocycles. The molecule has 4 rings (SSSR count). The molecule has 0 bridgehead atoms. The second kappa shape index (κ2) is 12.8. The van der Waals surface area contributed by atoms with Gasteiger partial charge in [0.2, 0.25) is 15.9 Å². The van der Waals surface area contributed by atoms with E-state index < -0.39 is 32.5 Å². The first-order valence-corrected chi connectivity index (χ1v) is 15.7. The predicted molar refractivity (Wildman–Crippen MR) is 153 cm³/mol. The molecule has 1 aliphatic heterocycles. The van der Waals surface area contributed by atoms with E-state index in [0.717, 1.165) is 17.1 Å². The lowest BCUT2D eigenvalue weighted by Gasteiger charge is -2.24. The largest absolute Gasteiger partial charge is 0.497 e. The summed E-state index contributed by atoms with van der Waals surface area (Å²) in [6, 6.07) is 16.8. The Balaban J connectivity index is 1.52. The Morgan fingerprint density at radius 2 is 1.41 bits per heavy atom. The van der Waals surface area contributed by atoms with Crippen molar-refractivity contribution in [3.8, 4) is 17.2 Å². The summed E-state index contributed by atoms with van der Waals surface area (Å²) >= 11 is 0. The topological polar surface area (TPSA) is 132 Å². The maximum atomic E-state index is 13.8. The van der Waals surface area contributed by atoms with E-state index in [1.807, 2.05) is 0 Å². The van der Waals surface area contributed by atoms with Gasteiger partial charge in [0.1, 0.15) is 12.3 Å². The Morgan fingerprint density at radius 3 is 2.00 bits per heavy atom. The number of nitrogens with one attached hydrogen (secondary N) is 1. The van der Waals surface area contributed by atoms with E-state index in [4.69, 9.17) is 14.2 Å². The number of hydrogen-bond donors (Lipinski definition) is 1. The normalized spacial score (nSPS) is 13.9. The Labute approximate surface area is 240 Å². The standard InChI is InChI=1S/C28H33N3O8S2/c1-37-23-10-8-22(9-11-23)31(41(35,36)25-14-15-26(38-2)27(18-25)39-3)20-28(32)29-19-21-6-12-24(13-7-21)40(33,34)30-16-4-5-17-30/h6-15,18H,4-5,16-17,19-20H2,1-3H3,(H,29,32). The van der Waals surface area contributed by atoms with Crippen LogP contribution in [0.4, 0.5) is 5.69 Å². The smallest absolute Gasteiger partial charge is 0.264 e. The number of benzene rings is 3. The minimum atomic E-state index is -4.21. The number of methoxy groups -OCH3 is 3. The number of sulfonamides is 2. The zero-order valence-electron chi connectivity index (χ0n) is 23.1. The molecule has 1 amide bonds. The molecule has 220 valence electrons. The molecule has 11 nitrogen and oxygen atoms in total. The maximum absolute atomic E-state index is 13.8. The van der Waals surface area contributed by atoms with Crippen molar-refractivity contribution < 1.29 is 35.8 Å². The Kier molecular flexibility index (Phi) is 9.41. The van der Waals surface area contributed by atoms with Crippen LogP contribution in [0.15, 0.2) is 76.5 Å². The van der Waals surface area contributed by atoms with Gasteiger partial charge in [-0.15, -0.1) is 0 Å². The molecule has 1 fully saturated rings. The van der Waals surface area contributed by atoms with Crippen LogP contribution < -0.4 is 23.8 Å².